The van der Waals surface area contributed by atoms with Gasteiger partial charge in [-0.05, 0) is 46.3 Å². The van der Waals surface area contributed by atoms with Crippen LogP contribution < -0.4 is 9.47 Å². The van der Waals surface area contributed by atoms with Crippen molar-refractivity contribution in [2.24, 2.45) is 0 Å². The number of benzene rings is 1. The van der Waals surface area contributed by atoms with Gasteiger partial charge in [-0.3, -0.25) is 9.78 Å². The van der Waals surface area contributed by atoms with Crippen LogP contribution in [0.25, 0.3) is 0 Å². The predicted molar refractivity (Wildman–Crippen MR) is 77.4 cm³/mol. The van der Waals surface area contributed by atoms with E-state index in [0.29, 0.717) is 40.4 Å². The van der Waals surface area contributed by atoms with Crippen molar-refractivity contribution >= 4 is 21.7 Å². The maximum Gasteiger partial charge on any atom is 0.212 e. The van der Waals surface area contributed by atoms with E-state index in [2.05, 4.69) is 20.9 Å². The van der Waals surface area contributed by atoms with Crippen LogP contribution in [-0.2, 0) is 0 Å². The van der Waals surface area contributed by atoms with Crippen molar-refractivity contribution in [2.45, 2.75) is 6.42 Å². The molecule has 0 N–H and O–H groups in total. The summed E-state index contributed by atoms with van der Waals surface area (Å²) in [6.07, 6.45) is 2.44. The summed E-state index contributed by atoms with van der Waals surface area (Å²) in [7, 11) is 0. The summed E-state index contributed by atoms with van der Waals surface area (Å²) in [6.45, 7) is 1.23. The number of ketones is 1. The normalized spacial score (nSPS) is 13.7. The van der Waals surface area contributed by atoms with Crippen LogP contribution in [0.5, 0.6) is 11.5 Å². The summed E-state index contributed by atoms with van der Waals surface area (Å²) in [5, 5.41) is 0. The summed E-state index contributed by atoms with van der Waals surface area (Å²) >= 11 is 3.34. The van der Waals surface area contributed by atoms with Crippen LogP contribution in [0.15, 0.2) is 41.0 Å². The third-order valence-electron chi connectivity index (χ3n) is 2.98. The quantitative estimate of drug-likeness (QED) is 0.791. The van der Waals surface area contributed by atoms with Gasteiger partial charge in [-0.2, -0.15) is 0 Å². The lowest BCUT2D eigenvalue weighted by molar-refractivity contribution is 0.103. The molecule has 0 saturated heterocycles. The van der Waals surface area contributed by atoms with E-state index < -0.39 is 0 Å². The van der Waals surface area contributed by atoms with Crippen LogP contribution in [-0.4, -0.2) is 24.0 Å². The predicted octanol–water partition coefficient (Wildman–Crippen LogP) is 3.24. The lowest BCUT2D eigenvalue weighted by Crippen LogP contribution is -2.05. The van der Waals surface area contributed by atoms with Crippen molar-refractivity contribution < 1.29 is 14.3 Å². The Balaban J connectivity index is 1.97. The Kier molecular flexibility index (Phi) is 3.69. The minimum Gasteiger partial charge on any atom is -0.490 e. The summed E-state index contributed by atoms with van der Waals surface area (Å²) in [5.41, 5.74) is 0.927. The van der Waals surface area contributed by atoms with E-state index in [1.54, 1.807) is 36.5 Å². The van der Waals surface area contributed by atoms with Gasteiger partial charge in [-0.15, -0.1) is 0 Å². The van der Waals surface area contributed by atoms with Crippen LogP contribution >= 0.6 is 15.9 Å². The first-order chi connectivity index (χ1) is 9.75. The lowest BCUT2D eigenvalue weighted by Gasteiger charge is -2.09. The molecule has 1 aromatic heterocycles. The van der Waals surface area contributed by atoms with Gasteiger partial charge in [0.2, 0.25) is 5.78 Å². The fraction of sp³-hybridized carbons (Fsp3) is 0.200. The molecule has 0 fully saturated rings. The Morgan fingerprint density at radius 3 is 2.75 bits per heavy atom. The molecule has 1 aliphatic heterocycles. The molecule has 2 heterocycles. The van der Waals surface area contributed by atoms with Gasteiger partial charge >= 0.3 is 0 Å². The summed E-state index contributed by atoms with van der Waals surface area (Å²) in [4.78, 5) is 16.6. The zero-order valence-corrected chi connectivity index (χ0v) is 12.2. The number of halogens is 1. The number of pyridine rings is 1. The Morgan fingerprint density at radius 1 is 1.15 bits per heavy atom. The molecule has 4 nitrogen and oxygen atoms in total. The van der Waals surface area contributed by atoms with Crippen molar-refractivity contribution in [1.29, 1.82) is 0 Å². The average molecular weight is 334 g/mol. The molecule has 0 bridgehead atoms. The van der Waals surface area contributed by atoms with E-state index in [1.165, 1.54) is 0 Å². The third-order valence-corrected chi connectivity index (χ3v) is 3.62. The zero-order chi connectivity index (χ0) is 13.9. The maximum absolute atomic E-state index is 12.4. The van der Waals surface area contributed by atoms with Crippen molar-refractivity contribution in [3.63, 3.8) is 0 Å². The number of hydrogen-bond donors (Lipinski definition) is 0. The largest absolute Gasteiger partial charge is 0.490 e. The van der Waals surface area contributed by atoms with Crippen molar-refractivity contribution in [1.82, 2.24) is 4.98 Å². The number of nitrogens with zero attached hydrogens (tertiary/aromatic N) is 1. The van der Waals surface area contributed by atoms with Gasteiger partial charge in [0.25, 0.3) is 0 Å². The highest BCUT2D eigenvalue weighted by Gasteiger charge is 2.17. The van der Waals surface area contributed by atoms with Gasteiger partial charge in [0, 0.05) is 22.7 Å². The van der Waals surface area contributed by atoms with E-state index in [1.807, 2.05) is 0 Å². The first-order valence-corrected chi connectivity index (χ1v) is 7.10. The van der Waals surface area contributed by atoms with Gasteiger partial charge in [0.1, 0.15) is 5.69 Å². The van der Waals surface area contributed by atoms with E-state index >= 15 is 0 Å². The Morgan fingerprint density at radius 2 is 1.95 bits per heavy atom. The Labute approximate surface area is 124 Å². The fourth-order valence-electron chi connectivity index (χ4n) is 1.99. The molecule has 0 spiro atoms. The highest BCUT2D eigenvalue weighted by Crippen LogP contribution is 2.31. The molecular formula is C15H12BrNO3. The summed E-state index contributed by atoms with van der Waals surface area (Å²) in [5.74, 6) is 1.15. The molecule has 5 heteroatoms. The number of rotatable bonds is 2. The highest BCUT2D eigenvalue weighted by molar-refractivity contribution is 9.10. The summed E-state index contributed by atoms with van der Waals surface area (Å²) < 4.78 is 11.8. The summed E-state index contributed by atoms with van der Waals surface area (Å²) in [6, 6.07) is 8.78. The van der Waals surface area contributed by atoms with Gasteiger partial charge < -0.3 is 9.47 Å². The van der Waals surface area contributed by atoms with Gasteiger partial charge in [-0.25, -0.2) is 0 Å². The molecule has 20 heavy (non-hydrogen) atoms. The molecule has 102 valence electrons. The lowest BCUT2D eigenvalue weighted by atomic mass is 10.1. The third kappa shape index (κ3) is 2.54. The molecule has 0 amide bonds. The molecule has 3 rings (SSSR count). The van der Waals surface area contributed by atoms with Gasteiger partial charge in [0.05, 0.1) is 13.2 Å². The molecule has 2 aromatic rings. The van der Waals surface area contributed by atoms with Crippen LogP contribution in [0.4, 0.5) is 0 Å². The molecule has 0 atom stereocenters. The second-order valence-electron chi connectivity index (χ2n) is 4.37. The molecule has 0 saturated carbocycles. The second kappa shape index (κ2) is 5.63. The number of carbonyl (C=O) groups excluding carboxylic acids is 1. The molecule has 0 unspecified atom stereocenters. The van der Waals surface area contributed by atoms with Gasteiger partial charge in [0.15, 0.2) is 11.5 Å². The van der Waals surface area contributed by atoms with Crippen molar-refractivity contribution in [3.05, 3.63) is 52.3 Å². The average Bonchev–Trinajstić information content (AvgIpc) is 2.71. The standard InChI is InChI=1S/C15H12BrNO3/c16-11-3-1-6-17-14(11)15(18)10-4-5-12-13(9-10)20-8-2-7-19-12/h1,3-6,9H,2,7-8H2. The highest BCUT2D eigenvalue weighted by atomic mass is 79.9. The minimum absolute atomic E-state index is 0.145. The van der Waals surface area contributed by atoms with Crippen LogP contribution in [0, 0.1) is 0 Å². The monoisotopic (exact) mass is 333 g/mol. The zero-order valence-electron chi connectivity index (χ0n) is 10.6. The Bertz CT molecular complexity index is 657. The molecule has 0 radical (unpaired) electrons. The number of hydrogen-bond acceptors (Lipinski definition) is 4. The van der Waals surface area contributed by atoms with E-state index in [9.17, 15) is 4.79 Å². The van der Waals surface area contributed by atoms with Crippen LogP contribution in [0.1, 0.15) is 22.5 Å². The second-order valence-corrected chi connectivity index (χ2v) is 5.23. The smallest absolute Gasteiger partial charge is 0.212 e. The van der Waals surface area contributed by atoms with Crippen molar-refractivity contribution in [2.75, 3.05) is 13.2 Å². The fourth-order valence-corrected chi connectivity index (χ4v) is 2.43. The minimum atomic E-state index is -0.145. The maximum atomic E-state index is 12.4. The van der Waals surface area contributed by atoms with E-state index in [4.69, 9.17) is 9.47 Å². The molecule has 0 aliphatic carbocycles. The first kappa shape index (κ1) is 13.1. The van der Waals surface area contributed by atoms with E-state index in [0.717, 1.165) is 6.42 Å². The molecule has 1 aromatic carbocycles. The van der Waals surface area contributed by atoms with Gasteiger partial charge in [-0.1, -0.05) is 0 Å². The van der Waals surface area contributed by atoms with Crippen LogP contribution in [0.3, 0.4) is 0 Å². The van der Waals surface area contributed by atoms with Crippen molar-refractivity contribution in [3.8, 4) is 11.5 Å². The molecular weight excluding hydrogens is 322 g/mol. The Hall–Kier alpha value is -1.88. The van der Waals surface area contributed by atoms with E-state index in [-0.39, 0.29) is 5.78 Å². The SMILES string of the molecule is O=C(c1ccc2c(c1)OCCCO2)c1ncccc1Br. The number of ether oxygens (including phenoxy) is 2. The number of aromatic nitrogens is 1. The van der Waals surface area contributed by atoms with Crippen LogP contribution in [0.2, 0.25) is 0 Å². The molecule has 1 aliphatic rings. The first-order valence-electron chi connectivity index (χ1n) is 6.30. The number of carbonyl (C=O) groups is 1. The topological polar surface area (TPSA) is 48.4 Å². The number of fused-ring (bicyclic) bond motifs is 1.